The Hall–Kier alpha value is -2.63. The Bertz CT molecular complexity index is 697. The minimum Gasteiger partial charge on any atom is -0.496 e. The molecule has 2 rings (SSSR count). The lowest BCUT2D eigenvalue weighted by atomic mass is 10.1. The molecular formula is C15H16N2O4. The van der Waals surface area contributed by atoms with Gasteiger partial charge in [-0.15, -0.1) is 0 Å². The molecule has 0 aliphatic heterocycles. The van der Waals surface area contributed by atoms with Crippen molar-refractivity contribution in [3.63, 3.8) is 0 Å². The molecule has 0 unspecified atom stereocenters. The van der Waals surface area contributed by atoms with Crippen LogP contribution in [0.2, 0.25) is 0 Å². The number of methoxy groups -OCH3 is 2. The molecule has 0 bridgehead atoms. The summed E-state index contributed by atoms with van der Waals surface area (Å²) in [5.41, 5.74) is 2.02. The molecule has 6 heteroatoms. The monoisotopic (exact) mass is 288 g/mol. The second kappa shape index (κ2) is 6.21. The van der Waals surface area contributed by atoms with Crippen LogP contribution in [0.1, 0.15) is 12.5 Å². The normalized spacial score (nSPS) is 10.2. The Morgan fingerprint density at radius 2 is 2.00 bits per heavy atom. The zero-order chi connectivity index (χ0) is 15.4. The highest BCUT2D eigenvalue weighted by Gasteiger charge is 2.10. The molecule has 0 aliphatic carbocycles. The maximum atomic E-state index is 11.3. The average molecular weight is 288 g/mol. The maximum absolute atomic E-state index is 11.3. The Morgan fingerprint density at radius 3 is 2.62 bits per heavy atom. The molecule has 1 aromatic carbocycles. The third kappa shape index (κ3) is 3.47. The SMILES string of the molecule is COC(=O)Cc1cnc2cc(NC(C)=O)cc(OC)c2c1. The summed E-state index contributed by atoms with van der Waals surface area (Å²) in [7, 11) is 2.89. The molecule has 0 saturated heterocycles. The van der Waals surface area contributed by atoms with Crippen LogP contribution in [0, 0.1) is 0 Å². The molecule has 0 aliphatic rings. The van der Waals surface area contributed by atoms with Crippen LogP contribution < -0.4 is 10.1 Å². The molecule has 1 N–H and O–H groups in total. The molecule has 0 radical (unpaired) electrons. The van der Waals surface area contributed by atoms with Gasteiger partial charge in [0.25, 0.3) is 0 Å². The van der Waals surface area contributed by atoms with Gasteiger partial charge >= 0.3 is 5.97 Å². The van der Waals surface area contributed by atoms with Crippen molar-refractivity contribution in [2.75, 3.05) is 19.5 Å². The number of hydrogen-bond acceptors (Lipinski definition) is 5. The lowest BCUT2D eigenvalue weighted by molar-refractivity contribution is -0.139. The largest absolute Gasteiger partial charge is 0.496 e. The second-order valence-corrected chi connectivity index (χ2v) is 4.52. The van der Waals surface area contributed by atoms with E-state index < -0.39 is 0 Å². The highest BCUT2D eigenvalue weighted by Crippen LogP contribution is 2.29. The van der Waals surface area contributed by atoms with Crippen molar-refractivity contribution < 1.29 is 19.1 Å². The Balaban J connectivity index is 2.46. The minimum atomic E-state index is -0.329. The topological polar surface area (TPSA) is 77.5 Å². The third-order valence-corrected chi connectivity index (χ3v) is 2.94. The van der Waals surface area contributed by atoms with E-state index in [4.69, 9.17) is 4.74 Å². The first-order valence-corrected chi connectivity index (χ1v) is 6.34. The van der Waals surface area contributed by atoms with E-state index in [2.05, 4.69) is 15.0 Å². The van der Waals surface area contributed by atoms with Crippen LogP contribution in [-0.2, 0) is 20.7 Å². The molecular weight excluding hydrogens is 272 g/mol. The molecule has 0 spiro atoms. The van der Waals surface area contributed by atoms with Crippen molar-refractivity contribution in [3.8, 4) is 5.75 Å². The number of pyridine rings is 1. The van der Waals surface area contributed by atoms with E-state index in [-0.39, 0.29) is 18.3 Å². The predicted molar refractivity (Wildman–Crippen MR) is 78.3 cm³/mol. The van der Waals surface area contributed by atoms with Gasteiger partial charge < -0.3 is 14.8 Å². The zero-order valence-corrected chi connectivity index (χ0v) is 12.1. The fraction of sp³-hybridized carbons (Fsp3) is 0.267. The first-order valence-electron chi connectivity index (χ1n) is 6.34. The number of esters is 1. The highest BCUT2D eigenvalue weighted by atomic mass is 16.5. The van der Waals surface area contributed by atoms with Crippen LogP contribution >= 0.6 is 0 Å². The number of nitrogens with one attached hydrogen (secondary N) is 1. The van der Waals surface area contributed by atoms with Gasteiger partial charge in [-0.25, -0.2) is 0 Å². The first kappa shape index (κ1) is 14.8. The van der Waals surface area contributed by atoms with Gasteiger partial charge in [0.05, 0.1) is 26.2 Å². The maximum Gasteiger partial charge on any atom is 0.310 e. The highest BCUT2D eigenvalue weighted by molar-refractivity contribution is 5.95. The number of carbonyl (C=O) groups excluding carboxylic acids is 2. The van der Waals surface area contributed by atoms with Crippen LogP contribution in [-0.4, -0.2) is 31.1 Å². The molecule has 1 amide bonds. The Labute approximate surface area is 122 Å². The summed E-state index contributed by atoms with van der Waals surface area (Å²) in [5.74, 6) is 0.0826. The summed E-state index contributed by atoms with van der Waals surface area (Å²) in [6.45, 7) is 1.43. The van der Waals surface area contributed by atoms with Gasteiger partial charge in [0.2, 0.25) is 5.91 Å². The number of aromatic nitrogens is 1. The van der Waals surface area contributed by atoms with Gasteiger partial charge in [0, 0.05) is 30.3 Å². The number of hydrogen-bond donors (Lipinski definition) is 1. The molecule has 110 valence electrons. The van der Waals surface area contributed by atoms with Crippen LogP contribution in [0.3, 0.4) is 0 Å². The number of ether oxygens (including phenoxy) is 2. The van der Waals surface area contributed by atoms with E-state index in [1.54, 1.807) is 25.4 Å². The summed E-state index contributed by atoms with van der Waals surface area (Å²) in [5, 5.41) is 3.47. The molecule has 1 aromatic heterocycles. The van der Waals surface area contributed by atoms with Crippen molar-refractivity contribution in [2.45, 2.75) is 13.3 Å². The van der Waals surface area contributed by atoms with Crippen LogP contribution in [0.5, 0.6) is 5.75 Å². The zero-order valence-electron chi connectivity index (χ0n) is 12.1. The van der Waals surface area contributed by atoms with E-state index >= 15 is 0 Å². The molecule has 0 saturated carbocycles. The number of nitrogens with zero attached hydrogens (tertiary/aromatic N) is 1. The van der Waals surface area contributed by atoms with Crippen molar-refractivity contribution in [3.05, 3.63) is 30.0 Å². The second-order valence-electron chi connectivity index (χ2n) is 4.52. The molecule has 6 nitrogen and oxygen atoms in total. The Kier molecular flexibility index (Phi) is 4.37. The summed E-state index contributed by atoms with van der Waals surface area (Å²) < 4.78 is 9.97. The fourth-order valence-corrected chi connectivity index (χ4v) is 2.02. The quantitative estimate of drug-likeness (QED) is 0.870. The lowest BCUT2D eigenvalue weighted by Crippen LogP contribution is -2.07. The van der Waals surface area contributed by atoms with Crippen molar-refractivity contribution in [1.82, 2.24) is 4.98 Å². The lowest BCUT2D eigenvalue weighted by Gasteiger charge is -2.10. The third-order valence-electron chi connectivity index (χ3n) is 2.94. The van der Waals surface area contributed by atoms with Gasteiger partial charge in [-0.1, -0.05) is 0 Å². The number of fused-ring (bicyclic) bond motifs is 1. The number of anilines is 1. The average Bonchev–Trinajstić information content (AvgIpc) is 2.45. The van der Waals surface area contributed by atoms with Crippen molar-refractivity contribution in [2.24, 2.45) is 0 Å². The predicted octanol–water partition coefficient (Wildman–Crippen LogP) is 1.92. The molecule has 2 aromatic rings. The summed E-state index contributed by atoms with van der Waals surface area (Å²) >= 11 is 0. The van der Waals surface area contributed by atoms with E-state index in [1.807, 2.05) is 6.07 Å². The van der Waals surface area contributed by atoms with Crippen LogP contribution in [0.4, 0.5) is 5.69 Å². The van der Waals surface area contributed by atoms with Gasteiger partial charge in [-0.05, 0) is 17.7 Å². The molecule has 21 heavy (non-hydrogen) atoms. The smallest absolute Gasteiger partial charge is 0.310 e. The minimum absolute atomic E-state index is 0.149. The summed E-state index contributed by atoms with van der Waals surface area (Å²) in [4.78, 5) is 26.8. The standard InChI is InChI=1S/C15H16N2O4/c1-9(18)17-11-6-13-12(14(7-11)20-2)4-10(8-16-13)5-15(19)21-3/h4,6-8H,5H2,1-3H3,(H,17,18). The molecule has 1 heterocycles. The summed E-state index contributed by atoms with van der Waals surface area (Å²) in [6.07, 6.45) is 1.76. The van der Waals surface area contributed by atoms with E-state index in [1.165, 1.54) is 14.0 Å². The molecule has 0 atom stereocenters. The first-order chi connectivity index (χ1) is 10.0. The Morgan fingerprint density at radius 1 is 1.24 bits per heavy atom. The van der Waals surface area contributed by atoms with Gasteiger partial charge in [-0.2, -0.15) is 0 Å². The number of amides is 1. The van der Waals surface area contributed by atoms with E-state index in [9.17, 15) is 9.59 Å². The summed E-state index contributed by atoms with van der Waals surface area (Å²) in [6, 6.07) is 5.30. The number of benzene rings is 1. The van der Waals surface area contributed by atoms with Gasteiger partial charge in [0.1, 0.15) is 5.75 Å². The van der Waals surface area contributed by atoms with Gasteiger partial charge in [-0.3, -0.25) is 14.6 Å². The van der Waals surface area contributed by atoms with Crippen LogP contribution in [0.15, 0.2) is 24.4 Å². The number of carbonyl (C=O) groups is 2. The van der Waals surface area contributed by atoms with Crippen molar-refractivity contribution in [1.29, 1.82) is 0 Å². The van der Waals surface area contributed by atoms with E-state index in [0.29, 0.717) is 17.0 Å². The molecule has 0 fully saturated rings. The van der Waals surface area contributed by atoms with Crippen LogP contribution in [0.25, 0.3) is 10.9 Å². The number of rotatable bonds is 4. The fourth-order valence-electron chi connectivity index (χ4n) is 2.02. The van der Waals surface area contributed by atoms with E-state index in [0.717, 1.165) is 10.9 Å². The van der Waals surface area contributed by atoms with Crippen molar-refractivity contribution >= 4 is 28.5 Å². The van der Waals surface area contributed by atoms with Gasteiger partial charge in [0.15, 0.2) is 0 Å².